The normalized spacial score (nSPS) is 19.0. The molecule has 0 spiro atoms. The SMILES string of the molecule is Cc1ccc(NC(=O)c2ccc(OCC(=O)N3C(C)CCCC3C)cc2)c(Cl)c1. The minimum absolute atomic E-state index is 0.000493. The smallest absolute Gasteiger partial charge is 0.260 e. The Morgan fingerprint density at radius 1 is 1.10 bits per heavy atom. The topological polar surface area (TPSA) is 58.6 Å². The second kappa shape index (κ2) is 9.31. The number of hydrogen-bond acceptors (Lipinski definition) is 3. The molecule has 0 aliphatic carbocycles. The van der Waals surface area contributed by atoms with Gasteiger partial charge in [0.25, 0.3) is 11.8 Å². The molecule has 1 aliphatic rings. The van der Waals surface area contributed by atoms with Gasteiger partial charge < -0.3 is 15.0 Å². The van der Waals surface area contributed by atoms with E-state index in [0.29, 0.717) is 22.0 Å². The Morgan fingerprint density at radius 2 is 1.76 bits per heavy atom. The molecule has 2 amide bonds. The van der Waals surface area contributed by atoms with Crippen LogP contribution in [0.1, 0.15) is 49.0 Å². The van der Waals surface area contributed by atoms with E-state index in [1.165, 1.54) is 0 Å². The number of nitrogens with one attached hydrogen (secondary N) is 1. The number of hydrogen-bond donors (Lipinski definition) is 1. The summed E-state index contributed by atoms with van der Waals surface area (Å²) in [5, 5.41) is 3.30. The lowest BCUT2D eigenvalue weighted by molar-refractivity contribution is -0.139. The zero-order valence-corrected chi connectivity index (χ0v) is 17.8. The molecule has 2 unspecified atom stereocenters. The average Bonchev–Trinajstić information content (AvgIpc) is 2.68. The summed E-state index contributed by atoms with van der Waals surface area (Å²) < 4.78 is 5.66. The van der Waals surface area contributed by atoms with Crippen LogP contribution in [-0.4, -0.2) is 35.4 Å². The number of ether oxygens (including phenoxy) is 1. The van der Waals surface area contributed by atoms with Gasteiger partial charge in [0.1, 0.15) is 5.75 Å². The lowest BCUT2D eigenvalue weighted by Gasteiger charge is -2.38. The maximum absolute atomic E-state index is 12.6. The number of likely N-dealkylation sites (tertiary alicyclic amines) is 1. The fourth-order valence-corrected chi connectivity index (χ4v) is 4.03. The van der Waals surface area contributed by atoms with Crippen molar-refractivity contribution >= 4 is 29.1 Å². The van der Waals surface area contributed by atoms with E-state index in [1.807, 2.05) is 17.9 Å². The molecule has 1 fully saturated rings. The summed E-state index contributed by atoms with van der Waals surface area (Å²) in [7, 11) is 0. The van der Waals surface area contributed by atoms with Gasteiger partial charge >= 0.3 is 0 Å². The van der Waals surface area contributed by atoms with Gasteiger partial charge in [0, 0.05) is 17.6 Å². The summed E-state index contributed by atoms with van der Waals surface area (Å²) in [6, 6.07) is 12.7. The minimum atomic E-state index is -0.255. The molecule has 0 radical (unpaired) electrons. The lowest BCUT2D eigenvalue weighted by atomic mass is 9.97. The standard InChI is InChI=1S/C23H27ClN2O3/c1-15-7-12-21(20(24)13-15)25-23(28)18-8-10-19(11-9-18)29-14-22(27)26-16(2)5-4-6-17(26)3/h7-13,16-17H,4-6,14H2,1-3H3,(H,25,28). The summed E-state index contributed by atoms with van der Waals surface area (Å²) in [6.07, 6.45) is 3.22. The van der Waals surface area contributed by atoms with E-state index < -0.39 is 0 Å². The number of halogens is 1. The van der Waals surface area contributed by atoms with E-state index in [4.69, 9.17) is 16.3 Å². The number of carbonyl (C=O) groups is 2. The number of benzene rings is 2. The first-order valence-electron chi connectivity index (χ1n) is 9.96. The van der Waals surface area contributed by atoms with Crippen LogP contribution >= 0.6 is 11.6 Å². The second-order valence-corrected chi connectivity index (χ2v) is 8.09. The Morgan fingerprint density at radius 3 is 2.38 bits per heavy atom. The monoisotopic (exact) mass is 414 g/mol. The highest BCUT2D eigenvalue weighted by Gasteiger charge is 2.28. The van der Waals surface area contributed by atoms with E-state index in [0.717, 1.165) is 24.8 Å². The van der Waals surface area contributed by atoms with Gasteiger partial charge in [-0.1, -0.05) is 17.7 Å². The number of anilines is 1. The van der Waals surface area contributed by atoms with Gasteiger partial charge in [0.2, 0.25) is 0 Å². The molecule has 2 atom stereocenters. The van der Waals surface area contributed by atoms with Crippen LogP contribution in [0, 0.1) is 6.92 Å². The molecule has 154 valence electrons. The highest BCUT2D eigenvalue weighted by Crippen LogP contribution is 2.24. The van der Waals surface area contributed by atoms with Gasteiger partial charge in [-0.25, -0.2) is 0 Å². The van der Waals surface area contributed by atoms with Crippen molar-refractivity contribution in [1.82, 2.24) is 4.90 Å². The van der Waals surface area contributed by atoms with E-state index >= 15 is 0 Å². The second-order valence-electron chi connectivity index (χ2n) is 7.68. The van der Waals surface area contributed by atoms with E-state index in [9.17, 15) is 9.59 Å². The Kier molecular flexibility index (Phi) is 6.80. The number of piperidine rings is 1. The molecule has 5 nitrogen and oxygen atoms in total. The molecule has 2 aromatic rings. The summed E-state index contributed by atoms with van der Waals surface area (Å²) in [4.78, 5) is 26.9. The first-order chi connectivity index (χ1) is 13.8. The first kappa shape index (κ1) is 21.2. The molecular weight excluding hydrogens is 388 g/mol. The third-order valence-corrected chi connectivity index (χ3v) is 5.65. The van der Waals surface area contributed by atoms with Crippen LogP contribution in [0.25, 0.3) is 0 Å². The molecule has 6 heteroatoms. The van der Waals surface area contributed by atoms with Crippen molar-refractivity contribution in [2.24, 2.45) is 0 Å². The number of nitrogens with zero attached hydrogens (tertiary/aromatic N) is 1. The van der Waals surface area contributed by atoms with Crippen LogP contribution in [-0.2, 0) is 4.79 Å². The Bertz CT molecular complexity index is 872. The molecule has 0 bridgehead atoms. The van der Waals surface area contributed by atoms with Gasteiger partial charge in [-0.05, 0) is 82.0 Å². The summed E-state index contributed by atoms with van der Waals surface area (Å²) in [6.45, 7) is 6.11. The van der Waals surface area contributed by atoms with Crippen molar-refractivity contribution in [2.45, 2.75) is 52.1 Å². The maximum Gasteiger partial charge on any atom is 0.260 e. The van der Waals surface area contributed by atoms with Crippen molar-refractivity contribution in [3.8, 4) is 5.75 Å². The number of aryl methyl sites for hydroxylation is 1. The quantitative estimate of drug-likeness (QED) is 0.743. The Hall–Kier alpha value is -2.53. The molecule has 2 aromatic carbocycles. The number of carbonyl (C=O) groups excluding carboxylic acids is 2. The van der Waals surface area contributed by atoms with Gasteiger partial charge in [-0.3, -0.25) is 9.59 Å². The van der Waals surface area contributed by atoms with Gasteiger partial charge in [-0.15, -0.1) is 0 Å². The van der Waals surface area contributed by atoms with Crippen LogP contribution in [0.2, 0.25) is 5.02 Å². The molecule has 0 aromatic heterocycles. The van der Waals surface area contributed by atoms with Crippen LogP contribution in [0.4, 0.5) is 5.69 Å². The van der Waals surface area contributed by atoms with Crippen molar-refractivity contribution in [1.29, 1.82) is 0 Å². The third-order valence-electron chi connectivity index (χ3n) is 5.33. The van der Waals surface area contributed by atoms with Crippen LogP contribution < -0.4 is 10.1 Å². The summed E-state index contributed by atoms with van der Waals surface area (Å²) >= 11 is 6.17. The zero-order valence-electron chi connectivity index (χ0n) is 17.1. The van der Waals surface area contributed by atoms with Crippen LogP contribution in [0.5, 0.6) is 5.75 Å². The van der Waals surface area contributed by atoms with E-state index in [1.54, 1.807) is 36.4 Å². The molecule has 29 heavy (non-hydrogen) atoms. The molecule has 1 aliphatic heterocycles. The van der Waals surface area contributed by atoms with Gasteiger partial charge in [-0.2, -0.15) is 0 Å². The van der Waals surface area contributed by atoms with Crippen molar-refractivity contribution in [3.05, 3.63) is 58.6 Å². The average molecular weight is 415 g/mol. The van der Waals surface area contributed by atoms with Crippen molar-refractivity contribution < 1.29 is 14.3 Å². The van der Waals surface area contributed by atoms with Gasteiger partial charge in [0.15, 0.2) is 6.61 Å². The molecule has 1 saturated heterocycles. The maximum atomic E-state index is 12.6. The fraction of sp³-hybridized carbons (Fsp3) is 0.391. The number of amides is 2. The largest absolute Gasteiger partial charge is 0.484 e. The van der Waals surface area contributed by atoms with E-state index in [-0.39, 0.29) is 30.5 Å². The van der Waals surface area contributed by atoms with Crippen molar-refractivity contribution in [3.63, 3.8) is 0 Å². The fourth-order valence-electron chi connectivity index (χ4n) is 3.75. The lowest BCUT2D eigenvalue weighted by Crippen LogP contribution is -2.49. The van der Waals surface area contributed by atoms with E-state index in [2.05, 4.69) is 19.2 Å². The summed E-state index contributed by atoms with van der Waals surface area (Å²) in [5.74, 6) is 0.301. The Labute approximate surface area is 177 Å². The summed E-state index contributed by atoms with van der Waals surface area (Å²) in [5.41, 5.74) is 2.08. The van der Waals surface area contributed by atoms with Crippen molar-refractivity contribution in [2.75, 3.05) is 11.9 Å². The highest BCUT2D eigenvalue weighted by molar-refractivity contribution is 6.34. The minimum Gasteiger partial charge on any atom is -0.484 e. The molecular formula is C23H27ClN2O3. The van der Waals surface area contributed by atoms with Crippen LogP contribution in [0.3, 0.4) is 0 Å². The Balaban J connectivity index is 1.57. The molecule has 1 heterocycles. The molecule has 3 rings (SSSR count). The molecule has 1 N–H and O–H groups in total. The van der Waals surface area contributed by atoms with Gasteiger partial charge in [0.05, 0.1) is 10.7 Å². The third kappa shape index (κ3) is 5.30. The molecule has 0 saturated carbocycles. The predicted octanol–water partition coefficient (Wildman–Crippen LogP) is 5.07. The predicted molar refractivity (Wildman–Crippen MR) is 116 cm³/mol. The zero-order chi connectivity index (χ0) is 21.0. The highest BCUT2D eigenvalue weighted by atomic mass is 35.5. The number of rotatable bonds is 5. The first-order valence-corrected chi connectivity index (χ1v) is 10.3. The van der Waals surface area contributed by atoms with Crippen LogP contribution in [0.15, 0.2) is 42.5 Å².